The van der Waals surface area contributed by atoms with Crippen LogP contribution < -0.4 is 10.6 Å². The van der Waals surface area contributed by atoms with Crippen LogP contribution in [-0.2, 0) is 4.74 Å². The van der Waals surface area contributed by atoms with Crippen molar-refractivity contribution in [2.24, 2.45) is 0 Å². The van der Waals surface area contributed by atoms with Crippen molar-refractivity contribution in [1.29, 1.82) is 0 Å². The van der Waals surface area contributed by atoms with E-state index in [-0.39, 0.29) is 5.91 Å². The van der Waals surface area contributed by atoms with Gasteiger partial charge in [-0.1, -0.05) is 0 Å². The lowest BCUT2D eigenvalue weighted by Gasteiger charge is -2.13. The quantitative estimate of drug-likeness (QED) is 0.867. The fraction of sp³-hybridized carbons (Fsp3) is 0.562. The Morgan fingerprint density at radius 3 is 2.55 bits per heavy atom. The summed E-state index contributed by atoms with van der Waals surface area (Å²) in [4.78, 5) is 11.9. The van der Waals surface area contributed by atoms with E-state index < -0.39 is 0 Å². The number of hydrogen-bond acceptors (Lipinski definition) is 3. The van der Waals surface area contributed by atoms with Gasteiger partial charge in [0.15, 0.2) is 0 Å². The van der Waals surface area contributed by atoms with Gasteiger partial charge in [-0.3, -0.25) is 4.79 Å². The van der Waals surface area contributed by atoms with Gasteiger partial charge in [-0.15, -0.1) is 0 Å². The molecule has 2 unspecified atom stereocenters. The molecule has 0 bridgehead atoms. The Bertz CT molecular complexity index is 468. The predicted octanol–water partition coefficient (Wildman–Crippen LogP) is 2.56. The first-order valence-electron chi connectivity index (χ1n) is 7.51. The van der Waals surface area contributed by atoms with Crippen LogP contribution in [0.25, 0.3) is 0 Å². The highest BCUT2D eigenvalue weighted by Gasteiger charge is 2.24. The van der Waals surface area contributed by atoms with Crippen LogP contribution in [0.15, 0.2) is 24.3 Å². The second-order valence-corrected chi connectivity index (χ2v) is 5.85. The summed E-state index contributed by atoms with van der Waals surface area (Å²) in [6, 6.07) is 8.07. The van der Waals surface area contributed by atoms with Gasteiger partial charge in [0.05, 0.1) is 12.2 Å². The molecule has 2 aliphatic rings. The molecule has 1 saturated carbocycles. The van der Waals surface area contributed by atoms with Crippen molar-refractivity contribution in [1.82, 2.24) is 5.32 Å². The average Bonchev–Trinajstić information content (AvgIpc) is 3.17. The number of amides is 1. The maximum absolute atomic E-state index is 11.9. The minimum absolute atomic E-state index is 0.0343. The number of benzene rings is 1. The summed E-state index contributed by atoms with van der Waals surface area (Å²) in [6.45, 7) is 2.95. The van der Waals surface area contributed by atoms with Crippen LogP contribution in [0.2, 0.25) is 0 Å². The Hall–Kier alpha value is -1.55. The maximum atomic E-state index is 11.9. The molecule has 0 spiro atoms. The number of nitrogens with one attached hydrogen (secondary N) is 2. The van der Waals surface area contributed by atoms with Crippen molar-refractivity contribution < 1.29 is 9.53 Å². The number of carbonyl (C=O) groups excluding carboxylic acids is 1. The Balaban J connectivity index is 1.49. The van der Waals surface area contributed by atoms with E-state index >= 15 is 0 Å². The van der Waals surface area contributed by atoms with Crippen molar-refractivity contribution in [2.75, 3.05) is 11.9 Å². The van der Waals surface area contributed by atoms with Crippen LogP contribution in [0.1, 0.15) is 43.0 Å². The zero-order valence-corrected chi connectivity index (χ0v) is 11.9. The van der Waals surface area contributed by atoms with Crippen molar-refractivity contribution >= 4 is 11.6 Å². The topological polar surface area (TPSA) is 50.4 Å². The van der Waals surface area contributed by atoms with E-state index in [2.05, 4.69) is 17.6 Å². The summed E-state index contributed by atoms with van der Waals surface area (Å²) in [5.41, 5.74) is 1.77. The average molecular weight is 274 g/mol. The summed E-state index contributed by atoms with van der Waals surface area (Å²) in [6.07, 6.45) is 5.19. The van der Waals surface area contributed by atoms with Crippen LogP contribution in [-0.4, -0.2) is 30.7 Å². The van der Waals surface area contributed by atoms with E-state index in [0.29, 0.717) is 18.2 Å². The Morgan fingerprint density at radius 1 is 1.20 bits per heavy atom. The van der Waals surface area contributed by atoms with Crippen LogP contribution in [0.4, 0.5) is 5.69 Å². The van der Waals surface area contributed by atoms with E-state index in [1.54, 1.807) is 0 Å². The molecule has 0 radical (unpaired) electrons. The molecule has 1 aliphatic heterocycles. The monoisotopic (exact) mass is 274 g/mol. The largest absolute Gasteiger partial charge is 0.382 e. The molecular weight excluding hydrogens is 252 g/mol. The lowest BCUT2D eigenvalue weighted by atomic mass is 10.1. The van der Waals surface area contributed by atoms with Gasteiger partial charge in [0.2, 0.25) is 0 Å². The number of ether oxygens (including phenoxy) is 1. The third kappa shape index (κ3) is 3.51. The molecule has 1 aromatic rings. The van der Waals surface area contributed by atoms with Crippen LogP contribution in [0.3, 0.4) is 0 Å². The minimum atomic E-state index is 0.0343. The van der Waals surface area contributed by atoms with Crippen molar-refractivity contribution in [3.63, 3.8) is 0 Å². The molecule has 2 atom stereocenters. The maximum Gasteiger partial charge on any atom is 0.251 e. The standard InChI is InChI=1S/C16H22N2O2/c1-11-2-9-15(20-11)10-17-13-5-3-12(4-6-13)16(19)18-14-7-8-14/h3-6,11,14-15,17H,2,7-10H2,1H3,(H,18,19). The molecule has 108 valence electrons. The van der Waals surface area contributed by atoms with Gasteiger partial charge in [0.1, 0.15) is 0 Å². The van der Waals surface area contributed by atoms with Crippen molar-refractivity contribution in [3.05, 3.63) is 29.8 Å². The highest BCUT2D eigenvalue weighted by Crippen LogP contribution is 2.21. The number of carbonyl (C=O) groups is 1. The first-order valence-corrected chi connectivity index (χ1v) is 7.51. The fourth-order valence-corrected chi connectivity index (χ4v) is 2.50. The highest BCUT2D eigenvalue weighted by molar-refractivity contribution is 5.94. The molecule has 1 saturated heterocycles. The third-order valence-electron chi connectivity index (χ3n) is 3.91. The van der Waals surface area contributed by atoms with Gasteiger partial charge in [-0.05, 0) is 56.9 Å². The lowest BCUT2D eigenvalue weighted by molar-refractivity contribution is 0.0637. The molecule has 4 nitrogen and oxygen atoms in total. The molecular formula is C16H22N2O2. The molecule has 4 heteroatoms. The molecule has 1 amide bonds. The summed E-state index contributed by atoms with van der Waals surface area (Å²) in [5.74, 6) is 0.0343. The summed E-state index contributed by atoms with van der Waals surface area (Å²) >= 11 is 0. The van der Waals surface area contributed by atoms with Gasteiger partial charge in [0, 0.05) is 23.8 Å². The predicted molar refractivity (Wildman–Crippen MR) is 79.0 cm³/mol. The summed E-state index contributed by atoms with van der Waals surface area (Å²) in [5, 5.41) is 6.36. The molecule has 0 aromatic heterocycles. The fourth-order valence-electron chi connectivity index (χ4n) is 2.50. The second kappa shape index (κ2) is 5.83. The first kappa shape index (κ1) is 13.4. The minimum Gasteiger partial charge on any atom is -0.382 e. The molecule has 1 heterocycles. The van der Waals surface area contributed by atoms with E-state index in [1.165, 1.54) is 0 Å². The molecule has 2 N–H and O–H groups in total. The Kier molecular flexibility index (Phi) is 3.92. The van der Waals surface area contributed by atoms with Crippen LogP contribution in [0.5, 0.6) is 0 Å². The second-order valence-electron chi connectivity index (χ2n) is 5.85. The van der Waals surface area contributed by atoms with Crippen molar-refractivity contribution in [2.45, 2.75) is 50.9 Å². The van der Waals surface area contributed by atoms with Gasteiger partial charge < -0.3 is 15.4 Å². The highest BCUT2D eigenvalue weighted by atomic mass is 16.5. The summed E-state index contributed by atoms with van der Waals surface area (Å²) in [7, 11) is 0. The SMILES string of the molecule is CC1CCC(CNc2ccc(C(=O)NC3CC3)cc2)O1. The van der Waals surface area contributed by atoms with Crippen molar-refractivity contribution in [3.8, 4) is 0 Å². The summed E-state index contributed by atoms with van der Waals surface area (Å²) < 4.78 is 5.77. The van der Waals surface area contributed by atoms with E-state index in [9.17, 15) is 4.79 Å². The first-order chi connectivity index (χ1) is 9.70. The zero-order chi connectivity index (χ0) is 13.9. The van der Waals surface area contributed by atoms with Gasteiger partial charge in [-0.2, -0.15) is 0 Å². The van der Waals surface area contributed by atoms with E-state index in [0.717, 1.165) is 43.5 Å². The molecule has 2 fully saturated rings. The zero-order valence-electron chi connectivity index (χ0n) is 11.9. The van der Waals surface area contributed by atoms with Crippen LogP contribution in [0, 0.1) is 0 Å². The van der Waals surface area contributed by atoms with Gasteiger partial charge in [-0.25, -0.2) is 0 Å². The normalized spacial score (nSPS) is 25.4. The Morgan fingerprint density at radius 2 is 1.95 bits per heavy atom. The van der Waals surface area contributed by atoms with Gasteiger partial charge >= 0.3 is 0 Å². The third-order valence-corrected chi connectivity index (χ3v) is 3.91. The van der Waals surface area contributed by atoms with E-state index in [1.807, 2.05) is 24.3 Å². The molecule has 1 aliphatic carbocycles. The molecule has 3 rings (SSSR count). The Labute approximate surface area is 119 Å². The molecule has 20 heavy (non-hydrogen) atoms. The number of anilines is 1. The smallest absolute Gasteiger partial charge is 0.251 e. The van der Waals surface area contributed by atoms with Crippen LogP contribution >= 0.6 is 0 Å². The lowest BCUT2D eigenvalue weighted by Crippen LogP contribution is -2.25. The van der Waals surface area contributed by atoms with Gasteiger partial charge in [0.25, 0.3) is 5.91 Å². The van der Waals surface area contributed by atoms with E-state index in [4.69, 9.17) is 4.74 Å². The number of rotatable bonds is 5. The molecule has 1 aromatic carbocycles. The number of hydrogen-bond donors (Lipinski definition) is 2.